The van der Waals surface area contributed by atoms with Crippen molar-refractivity contribution in [2.45, 2.75) is 78.2 Å². The molecule has 1 fully saturated rings. The zero-order valence-corrected chi connectivity index (χ0v) is 37.5. The molecule has 0 saturated carbocycles. The average molecular weight is 915 g/mol. The van der Waals surface area contributed by atoms with Crippen LogP contribution in [0.25, 0.3) is 44.0 Å². The first-order valence-electron chi connectivity index (χ1n) is 21.1. The molecule has 1 saturated heterocycles. The topological polar surface area (TPSA) is 212 Å². The van der Waals surface area contributed by atoms with Gasteiger partial charge in [0.1, 0.15) is 43.2 Å². The number of halogens is 2. The first-order chi connectivity index (χ1) is 31.1. The Morgan fingerprint density at radius 2 is 1.77 bits per heavy atom. The fourth-order valence-electron chi connectivity index (χ4n) is 7.48. The number of benzene rings is 1. The van der Waals surface area contributed by atoms with Gasteiger partial charge in [0, 0.05) is 54.3 Å². The first kappa shape index (κ1) is 46.8. The molecule has 0 radical (unpaired) electrons. The van der Waals surface area contributed by atoms with E-state index in [9.17, 15) is 28.3 Å². The number of thiazole rings is 1. The van der Waals surface area contributed by atoms with Crippen LogP contribution in [0.15, 0.2) is 72.8 Å². The van der Waals surface area contributed by atoms with Gasteiger partial charge in [0.15, 0.2) is 0 Å². The molecule has 0 aliphatic carbocycles. The summed E-state index contributed by atoms with van der Waals surface area (Å²) in [5.74, 6) is -1.41. The molecule has 17 nitrogen and oxygen atoms in total. The SMILES string of the molecule is Cc1ncsc1-c1ccc([C@H](C)NC(=O)[C@@H]2C[C@@H](O)CN2C(=O)[C@H](NC(=O)COCCOCCOc2nccc(-c3cn(CC(F)F)nc3-c3cnc4[nH]ccc4c3)n2)C(C)(C)C)cc1. The molecule has 0 spiro atoms. The molecule has 6 aromatic rings. The monoisotopic (exact) mass is 914 g/mol. The van der Waals surface area contributed by atoms with Gasteiger partial charge in [-0.2, -0.15) is 10.1 Å². The Hall–Kier alpha value is -6.22. The number of aliphatic hydroxyl groups is 1. The Morgan fingerprint density at radius 3 is 2.51 bits per heavy atom. The van der Waals surface area contributed by atoms with E-state index in [1.54, 1.807) is 56.1 Å². The Morgan fingerprint density at radius 1 is 1.00 bits per heavy atom. The molecule has 4 N–H and O–H groups in total. The Kier molecular flexibility index (Phi) is 14.9. The number of fused-ring (bicyclic) bond motifs is 1. The fraction of sp³-hybridized carbons (Fsp3) is 0.422. The summed E-state index contributed by atoms with van der Waals surface area (Å²) >= 11 is 1.56. The summed E-state index contributed by atoms with van der Waals surface area (Å²) in [5.41, 5.74) is 6.57. The number of rotatable bonds is 19. The zero-order chi connectivity index (χ0) is 46.3. The van der Waals surface area contributed by atoms with E-state index in [0.717, 1.165) is 27.1 Å². The predicted molar refractivity (Wildman–Crippen MR) is 238 cm³/mol. The molecule has 65 heavy (non-hydrogen) atoms. The summed E-state index contributed by atoms with van der Waals surface area (Å²) in [7, 11) is 0. The number of hydrogen-bond acceptors (Lipinski definition) is 13. The largest absolute Gasteiger partial charge is 0.461 e. The second kappa shape index (κ2) is 20.7. The van der Waals surface area contributed by atoms with E-state index >= 15 is 0 Å². The number of carbonyl (C=O) groups is 3. The van der Waals surface area contributed by atoms with Crippen LogP contribution in [0.5, 0.6) is 6.01 Å². The number of amides is 3. The number of pyridine rings is 1. The molecule has 1 aliphatic rings. The van der Waals surface area contributed by atoms with Crippen molar-refractivity contribution in [1.82, 2.24) is 50.2 Å². The molecule has 20 heteroatoms. The van der Waals surface area contributed by atoms with Gasteiger partial charge in [-0.15, -0.1) is 11.3 Å². The number of β-amino-alcohol motifs (C(OH)–C–C–N with tert-alkyl or cyclic N) is 1. The maximum Gasteiger partial charge on any atom is 0.316 e. The number of aromatic nitrogens is 7. The normalized spacial score (nSPS) is 16.2. The maximum atomic E-state index is 14.0. The highest BCUT2D eigenvalue weighted by atomic mass is 32.1. The van der Waals surface area contributed by atoms with Crippen molar-refractivity contribution < 1.29 is 42.5 Å². The Labute approximate surface area is 378 Å². The number of aromatic amines is 1. The van der Waals surface area contributed by atoms with Crippen LogP contribution >= 0.6 is 11.3 Å². The van der Waals surface area contributed by atoms with Crippen molar-refractivity contribution in [2.75, 3.05) is 39.6 Å². The molecule has 4 atom stereocenters. The third kappa shape index (κ3) is 11.7. The third-order valence-electron chi connectivity index (χ3n) is 10.8. The van der Waals surface area contributed by atoms with E-state index in [-0.39, 0.29) is 58.1 Å². The van der Waals surface area contributed by atoms with Gasteiger partial charge in [0.05, 0.1) is 53.7 Å². The van der Waals surface area contributed by atoms with Gasteiger partial charge in [-0.1, -0.05) is 45.0 Å². The number of alkyl halides is 2. The van der Waals surface area contributed by atoms with Gasteiger partial charge in [0.25, 0.3) is 6.43 Å². The number of nitrogens with one attached hydrogen (secondary N) is 3. The van der Waals surface area contributed by atoms with Gasteiger partial charge in [0.2, 0.25) is 17.7 Å². The molecule has 0 unspecified atom stereocenters. The second-order valence-corrected chi connectivity index (χ2v) is 17.6. The molecule has 0 bridgehead atoms. The van der Waals surface area contributed by atoms with Crippen molar-refractivity contribution in [3.8, 4) is 39.0 Å². The van der Waals surface area contributed by atoms with E-state index in [2.05, 4.69) is 40.7 Å². The summed E-state index contributed by atoms with van der Waals surface area (Å²) in [4.78, 5) is 63.6. The van der Waals surface area contributed by atoms with Crippen LogP contribution in [0.4, 0.5) is 8.78 Å². The third-order valence-corrected chi connectivity index (χ3v) is 11.8. The van der Waals surface area contributed by atoms with Crippen LogP contribution in [-0.4, -0.2) is 127 Å². The van der Waals surface area contributed by atoms with Crippen LogP contribution in [-0.2, 0) is 30.4 Å². The van der Waals surface area contributed by atoms with Crippen LogP contribution in [0.3, 0.4) is 0 Å². The number of aryl methyl sites for hydroxylation is 1. The number of carbonyl (C=O) groups excluding carboxylic acids is 3. The number of nitrogens with zero attached hydrogens (tertiary/aromatic N) is 7. The molecule has 6 heterocycles. The number of likely N-dealkylation sites (tertiary alicyclic amines) is 1. The lowest BCUT2D eigenvalue weighted by molar-refractivity contribution is -0.144. The fourth-order valence-corrected chi connectivity index (χ4v) is 8.29. The first-order valence-corrected chi connectivity index (χ1v) is 22.0. The highest BCUT2D eigenvalue weighted by Gasteiger charge is 2.44. The number of aliphatic hydroxyl groups excluding tert-OH is 1. The van der Waals surface area contributed by atoms with E-state index in [1.807, 2.05) is 50.2 Å². The van der Waals surface area contributed by atoms with Crippen molar-refractivity contribution in [3.05, 3.63) is 84.0 Å². The molecular formula is C45H52F2N10O7S. The lowest BCUT2D eigenvalue weighted by atomic mass is 9.85. The Balaban J connectivity index is 0.856. The van der Waals surface area contributed by atoms with Crippen LogP contribution in [0.2, 0.25) is 0 Å². The highest BCUT2D eigenvalue weighted by Crippen LogP contribution is 2.33. The van der Waals surface area contributed by atoms with E-state index in [1.165, 1.54) is 22.0 Å². The number of ether oxygens (including phenoxy) is 3. The summed E-state index contributed by atoms with van der Waals surface area (Å²) in [5, 5.41) is 21.6. The van der Waals surface area contributed by atoms with Crippen molar-refractivity contribution in [2.24, 2.45) is 5.41 Å². The van der Waals surface area contributed by atoms with Crippen LogP contribution in [0.1, 0.15) is 51.4 Å². The van der Waals surface area contributed by atoms with Gasteiger partial charge < -0.3 is 39.8 Å². The molecule has 5 aromatic heterocycles. The van der Waals surface area contributed by atoms with Crippen LogP contribution in [0, 0.1) is 12.3 Å². The summed E-state index contributed by atoms with van der Waals surface area (Å²) in [6.45, 7) is 8.65. The van der Waals surface area contributed by atoms with E-state index in [4.69, 9.17) is 14.2 Å². The molecule has 3 amide bonds. The lowest BCUT2D eigenvalue weighted by Gasteiger charge is -2.35. The number of H-pyrrole nitrogens is 1. The highest BCUT2D eigenvalue weighted by molar-refractivity contribution is 7.13. The molecule has 1 aromatic carbocycles. The summed E-state index contributed by atoms with van der Waals surface area (Å²) < 4.78 is 44.7. The minimum absolute atomic E-state index is 0.0443. The zero-order valence-electron chi connectivity index (χ0n) is 36.7. The lowest BCUT2D eigenvalue weighted by Crippen LogP contribution is -2.58. The van der Waals surface area contributed by atoms with E-state index < -0.39 is 54.3 Å². The summed E-state index contributed by atoms with van der Waals surface area (Å²) in [6, 6.07) is 10.9. The molecule has 344 valence electrons. The van der Waals surface area contributed by atoms with Crippen molar-refractivity contribution >= 4 is 40.1 Å². The smallest absolute Gasteiger partial charge is 0.316 e. The molecular weight excluding hydrogens is 863 g/mol. The molecule has 1 aliphatic heterocycles. The standard InChI is InChI=1S/C45H52F2N10O7S/c1-26(28-6-8-29(9-7-28)39-27(2)51-25-65-39)52-42(60)35-19-32(58)21-57(35)43(61)40(45(3,4)5)54-37(59)24-63-15-14-62-16-17-64-44-49-13-11-34(53-44)33-22-56(23-36(46)47)55-38(33)31-18-30-10-12-48-41(30)50-20-31/h6-13,18,20,22,25-26,32,35-36,40,58H,14-17,19,21,23-24H2,1-5H3,(H,48,50)(H,52,60)(H,54,59)/t26-,32+,35-,40-/m0/s1. The average Bonchev–Trinajstić information content (AvgIpc) is 4.10. The van der Waals surface area contributed by atoms with Crippen molar-refractivity contribution in [1.29, 1.82) is 0 Å². The number of hydrogen-bond donors (Lipinski definition) is 4. The maximum absolute atomic E-state index is 14.0. The minimum atomic E-state index is -2.61. The van der Waals surface area contributed by atoms with Gasteiger partial charge >= 0.3 is 6.01 Å². The minimum Gasteiger partial charge on any atom is -0.461 e. The van der Waals surface area contributed by atoms with Crippen LogP contribution < -0.4 is 15.4 Å². The summed E-state index contributed by atoms with van der Waals surface area (Å²) in [6.07, 6.45) is 2.92. The van der Waals surface area contributed by atoms with Crippen molar-refractivity contribution in [3.63, 3.8) is 0 Å². The van der Waals surface area contributed by atoms with Gasteiger partial charge in [-0.3, -0.25) is 19.1 Å². The quantitative estimate of drug-likeness (QED) is 0.0757. The predicted octanol–water partition coefficient (Wildman–Crippen LogP) is 5.36. The van der Waals surface area contributed by atoms with Gasteiger partial charge in [-0.05, 0) is 48.6 Å². The second-order valence-electron chi connectivity index (χ2n) is 16.8. The van der Waals surface area contributed by atoms with Gasteiger partial charge in [-0.25, -0.2) is 23.7 Å². The Bertz CT molecular complexity index is 2580. The van der Waals surface area contributed by atoms with E-state index in [0.29, 0.717) is 28.2 Å². The molecule has 7 rings (SSSR count).